The van der Waals surface area contributed by atoms with Gasteiger partial charge in [0.2, 0.25) is 5.91 Å². The van der Waals surface area contributed by atoms with Crippen molar-refractivity contribution in [3.63, 3.8) is 0 Å². The Morgan fingerprint density at radius 2 is 1.76 bits per heavy atom. The van der Waals surface area contributed by atoms with Crippen LogP contribution < -0.4 is 11.0 Å². The molecule has 0 saturated heterocycles. The molecule has 11 heteroatoms. The molecule has 0 unspecified atom stereocenters. The second-order valence-electron chi connectivity index (χ2n) is 7.54. The minimum atomic E-state index is -0.294. The molecule has 8 nitrogen and oxygen atoms in total. The summed E-state index contributed by atoms with van der Waals surface area (Å²) in [7, 11) is 1.38. The molecular weight excluding hydrogens is 501 g/mol. The van der Waals surface area contributed by atoms with Gasteiger partial charge in [-0.1, -0.05) is 66.0 Å². The first-order valence-corrected chi connectivity index (χ1v) is 11.5. The summed E-state index contributed by atoms with van der Waals surface area (Å²) >= 11 is 18.9. The van der Waals surface area contributed by atoms with E-state index in [1.165, 1.54) is 11.8 Å². The average molecular weight is 521 g/mol. The average Bonchev–Trinajstić information content (AvgIpc) is 3.13. The van der Waals surface area contributed by atoms with E-state index in [2.05, 4.69) is 20.4 Å². The smallest absolute Gasteiger partial charge is 0.262 e. The van der Waals surface area contributed by atoms with Gasteiger partial charge in [0.05, 0.1) is 29.3 Å². The minimum Gasteiger partial charge on any atom is -0.310 e. The van der Waals surface area contributed by atoms with Gasteiger partial charge in [0.25, 0.3) is 5.56 Å². The van der Waals surface area contributed by atoms with Gasteiger partial charge in [0.1, 0.15) is 16.9 Å². The van der Waals surface area contributed by atoms with Crippen LogP contribution in [0.2, 0.25) is 15.1 Å². The van der Waals surface area contributed by atoms with Gasteiger partial charge in [-0.3, -0.25) is 14.4 Å². The molecule has 0 aliphatic rings. The first-order chi connectivity index (χ1) is 16.3. The van der Waals surface area contributed by atoms with Crippen LogP contribution in [0.25, 0.3) is 16.7 Å². The number of carbonyl (C=O) groups excluding carboxylic acids is 1. The summed E-state index contributed by atoms with van der Waals surface area (Å²) in [4.78, 5) is 36.8. The topological polar surface area (TPSA) is 102 Å². The molecular formula is C23H20Cl3N5O3. The van der Waals surface area contributed by atoms with Crippen molar-refractivity contribution in [2.45, 2.75) is 26.2 Å². The number of amides is 1. The third-order valence-corrected chi connectivity index (χ3v) is 5.96. The van der Waals surface area contributed by atoms with Crippen LogP contribution in [0, 0.1) is 0 Å². The number of halogens is 3. The van der Waals surface area contributed by atoms with Crippen LogP contribution in [0.1, 0.15) is 29.6 Å². The molecule has 0 atom stereocenters. The molecule has 176 valence electrons. The highest BCUT2D eigenvalue weighted by molar-refractivity contribution is 6.40. The summed E-state index contributed by atoms with van der Waals surface area (Å²) in [6.45, 7) is 1.90. The van der Waals surface area contributed by atoms with Gasteiger partial charge in [-0.25, -0.2) is 15.1 Å². The van der Waals surface area contributed by atoms with Crippen LogP contribution in [-0.4, -0.2) is 32.8 Å². The number of fused-ring (bicyclic) bond motifs is 1. The van der Waals surface area contributed by atoms with Crippen LogP contribution in [0.15, 0.2) is 41.2 Å². The number of aromatic amines is 1. The SMILES string of the molecule is CCc1nn(-c2c(Cl)cc(Cl)cc2Cl)c2nc(Cc3ccc(CC(=O)NOC)cc3)[nH]c(=O)c12. The molecule has 0 fully saturated rings. The molecule has 0 bridgehead atoms. The van der Waals surface area contributed by atoms with E-state index in [0.717, 1.165) is 11.1 Å². The Morgan fingerprint density at radius 1 is 1.12 bits per heavy atom. The van der Waals surface area contributed by atoms with E-state index in [1.807, 2.05) is 31.2 Å². The van der Waals surface area contributed by atoms with E-state index < -0.39 is 0 Å². The van der Waals surface area contributed by atoms with Crippen LogP contribution in [-0.2, 0) is 28.9 Å². The molecule has 2 heterocycles. The monoisotopic (exact) mass is 519 g/mol. The van der Waals surface area contributed by atoms with Crippen molar-refractivity contribution < 1.29 is 9.63 Å². The maximum atomic E-state index is 13.0. The molecule has 34 heavy (non-hydrogen) atoms. The van der Waals surface area contributed by atoms with E-state index >= 15 is 0 Å². The third kappa shape index (κ3) is 4.95. The molecule has 0 aliphatic carbocycles. The number of nitrogens with zero attached hydrogens (tertiary/aromatic N) is 3. The molecule has 0 spiro atoms. The molecule has 2 N–H and O–H groups in total. The number of benzene rings is 2. The standard InChI is InChI=1S/C23H20Cl3N5O3/c1-3-17-20-22(31(29-17)21-15(25)10-14(24)11-16(21)26)27-18(28-23(20)33)8-12-4-6-13(7-5-12)9-19(32)30-34-2/h4-7,10-11H,3,8-9H2,1-2H3,(H,30,32)(H,27,28,33). The predicted octanol–water partition coefficient (Wildman–Crippen LogP) is 4.44. The number of hydroxylamine groups is 1. The lowest BCUT2D eigenvalue weighted by Gasteiger charge is -2.09. The first kappa shape index (κ1) is 24.2. The Bertz CT molecular complexity index is 1410. The van der Waals surface area contributed by atoms with Crippen molar-refractivity contribution in [3.8, 4) is 5.69 Å². The van der Waals surface area contributed by atoms with Gasteiger partial charge in [-0.15, -0.1) is 0 Å². The predicted molar refractivity (Wildman–Crippen MR) is 132 cm³/mol. The Morgan fingerprint density at radius 3 is 2.38 bits per heavy atom. The Balaban J connectivity index is 1.73. The van der Waals surface area contributed by atoms with E-state index in [9.17, 15) is 9.59 Å². The number of hydrogen-bond donors (Lipinski definition) is 2. The van der Waals surface area contributed by atoms with Crippen LogP contribution in [0.4, 0.5) is 0 Å². The largest absolute Gasteiger partial charge is 0.310 e. The van der Waals surface area contributed by atoms with Crippen LogP contribution >= 0.6 is 34.8 Å². The van der Waals surface area contributed by atoms with Crippen molar-refractivity contribution in [1.82, 2.24) is 25.2 Å². The summed E-state index contributed by atoms with van der Waals surface area (Å²) in [5, 5.41) is 5.92. The molecule has 2 aromatic carbocycles. The highest BCUT2D eigenvalue weighted by Gasteiger charge is 2.20. The van der Waals surface area contributed by atoms with Crippen molar-refractivity contribution in [2.24, 2.45) is 0 Å². The normalized spacial score (nSPS) is 11.2. The first-order valence-electron chi connectivity index (χ1n) is 10.4. The summed E-state index contributed by atoms with van der Waals surface area (Å²) in [6.07, 6.45) is 1.08. The molecule has 4 aromatic rings. The van der Waals surface area contributed by atoms with Gasteiger partial charge >= 0.3 is 0 Å². The fourth-order valence-electron chi connectivity index (χ4n) is 3.67. The van der Waals surface area contributed by atoms with E-state index in [1.54, 1.807) is 12.1 Å². The van der Waals surface area contributed by atoms with Crippen LogP contribution in [0.5, 0.6) is 0 Å². The fourth-order valence-corrected chi connectivity index (χ4v) is 4.64. The van der Waals surface area contributed by atoms with Crippen molar-refractivity contribution >= 4 is 51.7 Å². The molecule has 4 rings (SSSR count). The molecule has 0 radical (unpaired) electrons. The zero-order valence-electron chi connectivity index (χ0n) is 18.3. The molecule has 1 amide bonds. The van der Waals surface area contributed by atoms with Gasteiger partial charge in [0.15, 0.2) is 5.65 Å². The second kappa shape index (κ2) is 10.1. The molecule has 0 aliphatic heterocycles. The number of nitrogens with one attached hydrogen (secondary N) is 2. The van der Waals surface area contributed by atoms with Crippen molar-refractivity contribution in [3.05, 3.63) is 84.5 Å². The van der Waals surface area contributed by atoms with E-state index in [0.29, 0.717) is 56.1 Å². The van der Waals surface area contributed by atoms with E-state index in [-0.39, 0.29) is 17.9 Å². The van der Waals surface area contributed by atoms with Crippen molar-refractivity contribution in [2.75, 3.05) is 7.11 Å². The number of rotatable bonds is 7. The zero-order chi connectivity index (χ0) is 24.4. The summed E-state index contributed by atoms with van der Waals surface area (Å²) < 4.78 is 1.49. The minimum absolute atomic E-state index is 0.191. The zero-order valence-corrected chi connectivity index (χ0v) is 20.6. The van der Waals surface area contributed by atoms with Crippen LogP contribution in [0.3, 0.4) is 0 Å². The number of aromatic nitrogens is 4. The summed E-state index contributed by atoms with van der Waals surface area (Å²) in [5.74, 6) is 0.207. The van der Waals surface area contributed by atoms with Gasteiger partial charge in [-0.05, 0) is 29.7 Å². The quantitative estimate of drug-likeness (QED) is 0.351. The summed E-state index contributed by atoms with van der Waals surface area (Å²) in [5.41, 5.74) is 5.06. The molecule has 0 saturated carbocycles. The maximum Gasteiger partial charge on any atom is 0.262 e. The van der Waals surface area contributed by atoms with Gasteiger partial charge in [-0.2, -0.15) is 5.10 Å². The van der Waals surface area contributed by atoms with Gasteiger partial charge < -0.3 is 4.98 Å². The fraction of sp³-hybridized carbons (Fsp3) is 0.217. The summed E-state index contributed by atoms with van der Waals surface area (Å²) in [6, 6.07) is 10.6. The van der Waals surface area contributed by atoms with E-state index in [4.69, 9.17) is 39.8 Å². The lowest BCUT2D eigenvalue weighted by Crippen LogP contribution is -2.23. The maximum absolute atomic E-state index is 13.0. The Kier molecular flexibility index (Phi) is 7.23. The Labute approximate surface area is 209 Å². The highest BCUT2D eigenvalue weighted by Crippen LogP contribution is 2.33. The van der Waals surface area contributed by atoms with Gasteiger partial charge in [0, 0.05) is 11.4 Å². The van der Waals surface area contributed by atoms with Crippen molar-refractivity contribution in [1.29, 1.82) is 0 Å². The number of H-pyrrole nitrogens is 1. The highest BCUT2D eigenvalue weighted by atomic mass is 35.5. The number of carbonyl (C=O) groups is 1. The second-order valence-corrected chi connectivity index (χ2v) is 8.79. The number of hydrogen-bond acceptors (Lipinski definition) is 5. The Hall–Kier alpha value is -2.91. The third-order valence-electron chi connectivity index (χ3n) is 5.16. The molecule has 2 aromatic heterocycles. The lowest BCUT2D eigenvalue weighted by atomic mass is 10.1. The lowest BCUT2D eigenvalue weighted by molar-refractivity contribution is -0.130. The number of aryl methyl sites for hydroxylation is 1.